The molecule has 19 heavy (non-hydrogen) atoms. The van der Waals surface area contributed by atoms with Crippen molar-refractivity contribution < 1.29 is 9.53 Å². The highest BCUT2D eigenvalue weighted by molar-refractivity contribution is 5.93. The molecule has 2 heterocycles. The van der Waals surface area contributed by atoms with Gasteiger partial charge in [0, 0.05) is 32.0 Å². The van der Waals surface area contributed by atoms with Crippen LogP contribution in [-0.4, -0.2) is 42.1 Å². The minimum absolute atomic E-state index is 0.322. The van der Waals surface area contributed by atoms with E-state index >= 15 is 0 Å². The number of nitrogens with two attached hydrogens (primary N) is 1. The molecule has 0 radical (unpaired) electrons. The van der Waals surface area contributed by atoms with Gasteiger partial charge in [0.2, 0.25) is 0 Å². The first-order chi connectivity index (χ1) is 9.20. The van der Waals surface area contributed by atoms with E-state index in [1.807, 2.05) is 6.07 Å². The molecular weight excluding hydrogens is 244 g/mol. The van der Waals surface area contributed by atoms with Gasteiger partial charge in [0.25, 0.3) is 5.91 Å². The van der Waals surface area contributed by atoms with Crippen LogP contribution >= 0.6 is 0 Å². The van der Waals surface area contributed by atoms with Crippen LogP contribution in [0.2, 0.25) is 0 Å². The number of nitrogens with zero attached hydrogens (tertiary/aromatic N) is 2. The predicted molar refractivity (Wildman–Crippen MR) is 71.2 cm³/mol. The number of amides is 1. The van der Waals surface area contributed by atoms with Crippen molar-refractivity contribution in [2.45, 2.75) is 25.4 Å². The summed E-state index contributed by atoms with van der Waals surface area (Å²) < 4.78 is 5.36. The molecule has 0 atom stereocenters. The van der Waals surface area contributed by atoms with E-state index in [4.69, 9.17) is 10.6 Å². The zero-order valence-corrected chi connectivity index (χ0v) is 11.1. The van der Waals surface area contributed by atoms with E-state index < -0.39 is 0 Å². The number of nitrogens with one attached hydrogen (secondary N) is 1. The van der Waals surface area contributed by atoms with E-state index in [0.29, 0.717) is 11.6 Å². The molecule has 1 aliphatic rings. The number of pyridine rings is 1. The third-order valence-electron chi connectivity index (χ3n) is 3.44. The van der Waals surface area contributed by atoms with Crippen molar-refractivity contribution in [3.8, 4) is 0 Å². The summed E-state index contributed by atoms with van der Waals surface area (Å²) in [6.45, 7) is 2.44. The number of carbonyl (C=O) groups excluding carboxylic acids is 1. The molecule has 6 heteroatoms. The molecule has 0 spiro atoms. The highest BCUT2D eigenvalue weighted by Gasteiger charge is 2.18. The number of hydrazine groups is 1. The third kappa shape index (κ3) is 3.73. The molecule has 1 aromatic heterocycles. The molecule has 1 saturated heterocycles. The highest BCUT2D eigenvalue weighted by atomic mass is 16.5. The minimum Gasteiger partial charge on any atom is -0.381 e. The first-order valence-electron chi connectivity index (χ1n) is 6.44. The molecule has 0 aromatic carbocycles. The van der Waals surface area contributed by atoms with Crippen LogP contribution in [-0.2, 0) is 11.3 Å². The van der Waals surface area contributed by atoms with Gasteiger partial charge in [-0.05, 0) is 32.0 Å². The van der Waals surface area contributed by atoms with Crippen molar-refractivity contribution in [1.82, 2.24) is 15.3 Å². The van der Waals surface area contributed by atoms with E-state index in [9.17, 15) is 4.79 Å². The van der Waals surface area contributed by atoms with Crippen molar-refractivity contribution in [2.24, 2.45) is 5.84 Å². The van der Waals surface area contributed by atoms with Crippen molar-refractivity contribution in [3.63, 3.8) is 0 Å². The third-order valence-corrected chi connectivity index (χ3v) is 3.44. The molecule has 1 aliphatic heterocycles. The first kappa shape index (κ1) is 13.9. The topological polar surface area (TPSA) is 80.5 Å². The fourth-order valence-corrected chi connectivity index (χ4v) is 2.25. The van der Waals surface area contributed by atoms with Gasteiger partial charge in [-0.3, -0.25) is 20.1 Å². The summed E-state index contributed by atoms with van der Waals surface area (Å²) in [5.74, 6) is 4.75. The van der Waals surface area contributed by atoms with Crippen LogP contribution in [0.25, 0.3) is 0 Å². The van der Waals surface area contributed by atoms with Gasteiger partial charge in [-0.25, -0.2) is 5.84 Å². The lowest BCUT2D eigenvalue weighted by Gasteiger charge is -2.30. The Kier molecular flexibility index (Phi) is 4.84. The summed E-state index contributed by atoms with van der Waals surface area (Å²) in [5.41, 5.74) is 3.51. The average molecular weight is 264 g/mol. The average Bonchev–Trinajstić information content (AvgIpc) is 2.48. The van der Waals surface area contributed by atoms with Gasteiger partial charge in [0.15, 0.2) is 0 Å². The SMILES string of the molecule is CN(Cc1ccc(C(=O)NN)cn1)C1CCOCC1. The molecule has 0 aliphatic carbocycles. The van der Waals surface area contributed by atoms with Gasteiger partial charge in [-0.15, -0.1) is 0 Å². The van der Waals surface area contributed by atoms with Crippen LogP contribution in [0, 0.1) is 0 Å². The quantitative estimate of drug-likeness (QED) is 0.464. The number of aromatic nitrogens is 1. The Hall–Kier alpha value is -1.50. The lowest BCUT2D eigenvalue weighted by atomic mass is 10.1. The summed E-state index contributed by atoms with van der Waals surface area (Å²) >= 11 is 0. The number of carbonyl (C=O) groups is 1. The number of nitrogen functional groups attached to an aromatic ring is 1. The van der Waals surface area contributed by atoms with Gasteiger partial charge in [-0.2, -0.15) is 0 Å². The van der Waals surface area contributed by atoms with Crippen molar-refractivity contribution >= 4 is 5.91 Å². The molecule has 1 amide bonds. The second-order valence-corrected chi connectivity index (χ2v) is 4.77. The van der Waals surface area contributed by atoms with Gasteiger partial charge in [0.1, 0.15) is 0 Å². The van der Waals surface area contributed by atoms with Crippen LogP contribution in [0.15, 0.2) is 18.3 Å². The highest BCUT2D eigenvalue weighted by Crippen LogP contribution is 2.15. The second-order valence-electron chi connectivity index (χ2n) is 4.77. The number of ether oxygens (including phenoxy) is 1. The Morgan fingerprint density at radius 2 is 2.26 bits per heavy atom. The van der Waals surface area contributed by atoms with Gasteiger partial charge in [0.05, 0.1) is 11.3 Å². The van der Waals surface area contributed by atoms with E-state index in [-0.39, 0.29) is 5.91 Å². The summed E-state index contributed by atoms with van der Waals surface area (Å²) in [7, 11) is 2.10. The summed E-state index contributed by atoms with van der Waals surface area (Å²) in [6, 6.07) is 4.14. The zero-order chi connectivity index (χ0) is 13.7. The fourth-order valence-electron chi connectivity index (χ4n) is 2.25. The minimum atomic E-state index is -0.322. The lowest BCUT2D eigenvalue weighted by molar-refractivity contribution is 0.0403. The standard InChI is InChI=1S/C13H20N4O2/c1-17(12-4-6-19-7-5-12)9-11-3-2-10(8-15-11)13(18)16-14/h2-3,8,12H,4-7,9,14H2,1H3,(H,16,18). The maximum atomic E-state index is 11.3. The monoisotopic (exact) mass is 264 g/mol. The predicted octanol–water partition coefficient (Wildman–Crippen LogP) is 0.296. The molecule has 1 aromatic rings. The summed E-state index contributed by atoms with van der Waals surface area (Å²) in [4.78, 5) is 17.9. The largest absolute Gasteiger partial charge is 0.381 e. The number of rotatable bonds is 4. The van der Waals surface area contributed by atoms with E-state index in [0.717, 1.165) is 38.3 Å². The van der Waals surface area contributed by atoms with Crippen LogP contribution in [0.3, 0.4) is 0 Å². The van der Waals surface area contributed by atoms with E-state index in [2.05, 4.69) is 22.4 Å². The van der Waals surface area contributed by atoms with Gasteiger partial charge >= 0.3 is 0 Å². The van der Waals surface area contributed by atoms with Gasteiger partial charge in [-0.1, -0.05) is 0 Å². The fraction of sp³-hybridized carbons (Fsp3) is 0.538. The molecule has 3 N–H and O–H groups in total. The summed E-state index contributed by atoms with van der Waals surface area (Å²) in [5, 5.41) is 0. The zero-order valence-electron chi connectivity index (χ0n) is 11.1. The molecule has 0 bridgehead atoms. The number of hydrogen-bond acceptors (Lipinski definition) is 5. The first-order valence-corrected chi connectivity index (χ1v) is 6.44. The lowest BCUT2D eigenvalue weighted by Crippen LogP contribution is -2.36. The van der Waals surface area contributed by atoms with Crippen molar-refractivity contribution in [2.75, 3.05) is 20.3 Å². The molecule has 2 rings (SSSR count). The molecule has 6 nitrogen and oxygen atoms in total. The normalized spacial score (nSPS) is 16.6. The van der Waals surface area contributed by atoms with E-state index in [1.165, 1.54) is 0 Å². The Labute approximate surface area is 112 Å². The smallest absolute Gasteiger partial charge is 0.266 e. The Morgan fingerprint density at radius 1 is 1.53 bits per heavy atom. The maximum Gasteiger partial charge on any atom is 0.266 e. The van der Waals surface area contributed by atoms with E-state index in [1.54, 1.807) is 12.3 Å². The van der Waals surface area contributed by atoms with Crippen molar-refractivity contribution in [3.05, 3.63) is 29.6 Å². The van der Waals surface area contributed by atoms with Crippen LogP contribution in [0.5, 0.6) is 0 Å². The molecular formula is C13H20N4O2. The van der Waals surface area contributed by atoms with Crippen LogP contribution in [0.4, 0.5) is 0 Å². The maximum absolute atomic E-state index is 11.3. The van der Waals surface area contributed by atoms with Gasteiger partial charge < -0.3 is 4.74 Å². The molecule has 0 saturated carbocycles. The molecule has 104 valence electrons. The second kappa shape index (κ2) is 6.60. The van der Waals surface area contributed by atoms with Crippen LogP contribution in [0.1, 0.15) is 28.9 Å². The number of hydrogen-bond donors (Lipinski definition) is 2. The van der Waals surface area contributed by atoms with Crippen molar-refractivity contribution in [1.29, 1.82) is 0 Å². The molecule has 1 fully saturated rings. The Morgan fingerprint density at radius 3 is 2.84 bits per heavy atom. The Balaban J connectivity index is 1.93. The van der Waals surface area contributed by atoms with Crippen LogP contribution < -0.4 is 11.3 Å². The molecule has 0 unspecified atom stereocenters. The summed E-state index contributed by atoms with van der Waals surface area (Å²) in [6.07, 6.45) is 3.67. The Bertz CT molecular complexity index is 415.